The van der Waals surface area contributed by atoms with Gasteiger partial charge in [0.15, 0.2) is 0 Å². The van der Waals surface area contributed by atoms with E-state index in [9.17, 15) is 9.90 Å². The highest BCUT2D eigenvalue weighted by Gasteiger charge is 2.12. The Hall–Kier alpha value is -3.01. The van der Waals surface area contributed by atoms with Gasteiger partial charge in [0.05, 0.1) is 5.56 Å². The third kappa shape index (κ3) is 3.33. The molecule has 3 rings (SSSR count). The minimum Gasteiger partial charge on any atom is -0.507 e. The number of phenolic OH excluding ortho intramolecular Hbond substituents is 1. The lowest BCUT2D eigenvalue weighted by Gasteiger charge is -2.13. The van der Waals surface area contributed by atoms with Gasteiger partial charge in [-0.3, -0.25) is 4.79 Å². The highest BCUT2D eigenvalue weighted by atomic mass is 16.3. The fraction of sp³-hybridized carbons (Fsp3) is 0.150. The van der Waals surface area contributed by atoms with E-state index >= 15 is 0 Å². The summed E-state index contributed by atoms with van der Waals surface area (Å²) in [5.74, 6) is -0.288. The smallest absolute Gasteiger partial charge is 0.255 e. The summed E-state index contributed by atoms with van der Waals surface area (Å²) in [6.07, 6.45) is 0. The van der Waals surface area contributed by atoms with E-state index in [1.54, 1.807) is 12.1 Å². The summed E-state index contributed by atoms with van der Waals surface area (Å²) in [6.45, 7) is 0.415. The summed E-state index contributed by atoms with van der Waals surface area (Å²) in [7, 11) is 3.97. The average molecular weight is 320 g/mol. The molecule has 3 aromatic carbocycles. The van der Waals surface area contributed by atoms with E-state index in [0.717, 1.165) is 22.0 Å². The van der Waals surface area contributed by atoms with Crippen molar-refractivity contribution in [2.75, 3.05) is 19.0 Å². The zero-order valence-electron chi connectivity index (χ0n) is 13.8. The average Bonchev–Trinajstić information content (AvgIpc) is 2.59. The van der Waals surface area contributed by atoms with E-state index in [0.29, 0.717) is 12.1 Å². The Balaban J connectivity index is 1.74. The standard InChI is InChI=1S/C20H20N2O2/c1-22(2)17-9-7-14(8-10-17)13-21-20(24)18-11-15-5-3-4-6-16(15)12-19(18)23/h3-12,23H,13H2,1-2H3,(H,21,24). The molecule has 0 saturated heterocycles. The van der Waals surface area contributed by atoms with Gasteiger partial charge in [0.25, 0.3) is 5.91 Å². The number of nitrogens with one attached hydrogen (secondary N) is 1. The fourth-order valence-corrected chi connectivity index (χ4v) is 2.60. The van der Waals surface area contributed by atoms with Crippen molar-refractivity contribution in [2.45, 2.75) is 6.54 Å². The minimum atomic E-state index is -0.282. The van der Waals surface area contributed by atoms with Crippen LogP contribution in [0.1, 0.15) is 15.9 Å². The Morgan fingerprint density at radius 2 is 1.62 bits per heavy atom. The number of phenols is 1. The largest absolute Gasteiger partial charge is 0.507 e. The molecular formula is C20H20N2O2. The Morgan fingerprint density at radius 1 is 1.00 bits per heavy atom. The van der Waals surface area contributed by atoms with Crippen LogP contribution in [-0.4, -0.2) is 25.1 Å². The van der Waals surface area contributed by atoms with Crippen LogP contribution in [0.5, 0.6) is 5.75 Å². The van der Waals surface area contributed by atoms with Gasteiger partial charge in [-0.05, 0) is 40.6 Å². The zero-order valence-corrected chi connectivity index (χ0v) is 13.8. The number of amides is 1. The lowest BCUT2D eigenvalue weighted by Crippen LogP contribution is -2.23. The molecule has 3 aromatic rings. The van der Waals surface area contributed by atoms with E-state index in [-0.39, 0.29) is 11.7 Å². The molecule has 24 heavy (non-hydrogen) atoms. The van der Waals surface area contributed by atoms with Gasteiger partial charge < -0.3 is 15.3 Å². The number of fused-ring (bicyclic) bond motifs is 1. The summed E-state index contributed by atoms with van der Waals surface area (Å²) in [5, 5.41) is 14.8. The Morgan fingerprint density at radius 3 is 2.25 bits per heavy atom. The molecule has 2 N–H and O–H groups in total. The number of hydrogen-bond donors (Lipinski definition) is 2. The number of carbonyl (C=O) groups is 1. The Bertz CT molecular complexity index is 870. The monoisotopic (exact) mass is 320 g/mol. The second kappa shape index (κ2) is 6.62. The van der Waals surface area contributed by atoms with Crippen LogP contribution < -0.4 is 10.2 Å². The molecule has 0 fully saturated rings. The second-order valence-corrected chi connectivity index (χ2v) is 5.96. The number of anilines is 1. The van der Waals surface area contributed by atoms with Crippen LogP contribution in [0.3, 0.4) is 0 Å². The quantitative estimate of drug-likeness (QED) is 0.773. The van der Waals surface area contributed by atoms with Crippen molar-refractivity contribution in [1.82, 2.24) is 5.32 Å². The molecule has 0 spiro atoms. The minimum absolute atomic E-state index is 0.00541. The SMILES string of the molecule is CN(C)c1ccc(CNC(=O)c2cc3ccccc3cc2O)cc1. The van der Waals surface area contributed by atoms with Gasteiger partial charge >= 0.3 is 0 Å². The maximum atomic E-state index is 12.4. The molecule has 0 heterocycles. The van der Waals surface area contributed by atoms with E-state index in [1.807, 2.05) is 67.5 Å². The number of carbonyl (C=O) groups excluding carboxylic acids is 1. The third-order valence-corrected chi connectivity index (χ3v) is 4.01. The lowest BCUT2D eigenvalue weighted by molar-refractivity contribution is 0.0948. The molecule has 1 amide bonds. The highest BCUT2D eigenvalue weighted by Crippen LogP contribution is 2.25. The summed E-state index contributed by atoms with van der Waals surface area (Å²) >= 11 is 0. The van der Waals surface area contributed by atoms with Crippen LogP contribution in [0.25, 0.3) is 10.8 Å². The van der Waals surface area contributed by atoms with Crippen molar-refractivity contribution < 1.29 is 9.90 Å². The zero-order chi connectivity index (χ0) is 17.1. The van der Waals surface area contributed by atoms with Gasteiger partial charge in [-0.15, -0.1) is 0 Å². The predicted octanol–water partition coefficient (Wildman–Crippen LogP) is 3.54. The van der Waals surface area contributed by atoms with Crippen LogP contribution in [0, 0.1) is 0 Å². The van der Waals surface area contributed by atoms with Crippen LogP contribution in [-0.2, 0) is 6.54 Å². The summed E-state index contributed by atoms with van der Waals surface area (Å²) < 4.78 is 0. The van der Waals surface area contributed by atoms with Crippen LogP contribution in [0.2, 0.25) is 0 Å². The molecule has 4 heteroatoms. The molecule has 0 aliphatic rings. The Labute approximate surface area is 141 Å². The molecule has 0 atom stereocenters. The molecule has 122 valence electrons. The van der Waals surface area contributed by atoms with Crippen molar-refractivity contribution in [2.24, 2.45) is 0 Å². The van der Waals surface area contributed by atoms with Crippen LogP contribution >= 0.6 is 0 Å². The fourth-order valence-electron chi connectivity index (χ4n) is 2.60. The molecule has 0 saturated carbocycles. The molecule has 0 bridgehead atoms. The van der Waals surface area contributed by atoms with Crippen molar-refractivity contribution in [3.63, 3.8) is 0 Å². The number of rotatable bonds is 4. The van der Waals surface area contributed by atoms with Gasteiger partial charge in [0.1, 0.15) is 5.75 Å². The topological polar surface area (TPSA) is 52.6 Å². The molecule has 0 aliphatic carbocycles. The number of aromatic hydroxyl groups is 1. The number of hydrogen-bond acceptors (Lipinski definition) is 3. The second-order valence-electron chi connectivity index (χ2n) is 5.96. The van der Waals surface area contributed by atoms with Crippen molar-refractivity contribution in [1.29, 1.82) is 0 Å². The van der Waals surface area contributed by atoms with Crippen LogP contribution in [0.4, 0.5) is 5.69 Å². The van der Waals surface area contributed by atoms with Crippen LogP contribution in [0.15, 0.2) is 60.7 Å². The molecule has 0 aliphatic heterocycles. The van der Waals surface area contributed by atoms with Gasteiger partial charge in [0.2, 0.25) is 0 Å². The number of nitrogens with zero attached hydrogens (tertiary/aromatic N) is 1. The molecule has 0 aromatic heterocycles. The van der Waals surface area contributed by atoms with E-state index < -0.39 is 0 Å². The van der Waals surface area contributed by atoms with E-state index in [4.69, 9.17) is 0 Å². The first-order valence-electron chi connectivity index (χ1n) is 7.81. The molecule has 0 unspecified atom stereocenters. The summed E-state index contributed by atoms with van der Waals surface area (Å²) in [6, 6.07) is 19.0. The molecular weight excluding hydrogens is 300 g/mol. The first-order valence-corrected chi connectivity index (χ1v) is 7.81. The van der Waals surface area contributed by atoms with E-state index in [1.165, 1.54) is 0 Å². The molecule has 0 radical (unpaired) electrons. The Kier molecular flexibility index (Phi) is 4.38. The predicted molar refractivity (Wildman–Crippen MR) is 97.6 cm³/mol. The maximum absolute atomic E-state index is 12.4. The first-order chi connectivity index (χ1) is 11.5. The van der Waals surface area contributed by atoms with Gasteiger partial charge in [0, 0.05) is 26.3 Å². The maximum Gasteiger partial charge on any atom is 0.255 e. The third-order valence-electron chi connectivity index (χ3n) is 4.01. The van der Waals surface area contributed by atoms with E-state index in [2.05, 4.69) is 5.32 Å². The number of benzene rings is 3. The van der Waals surface area contributed by atoms with Gasteiger partial charge in [-0.2, -0.15) is 0 Å². The van der Waals surface area contributed by atoms with Gasteiger partial charge in [-0.1, -0.05) is 36.4 Å². The van der Waals surface area contributed by atoms with Crippen molar-refractivity contribution >= 4 is 22.4 Å². The first kappa shape index (κ1) is 15.9. The summed E-state index contributed by atoms with van der Waals surface area (Å²) in [4.78, 5) is 14.4. The highest BCUT2D eigenvalue weighted by molar-refractivity contribution is 6.01. The van der Waals surface area contributed by atoms with Crippen molar-refractivity contribution in [3.05, 3.63) is 71.8 Å². The summed E-state index contributed by atoms with van der Waals surface area (Å²) in [5.41, 5.74) is 2.41. The van der Waals surface area contributed by atoms with Gasteiger partial charge in [-0.25, -0.2) is 0 Å². The van der Waals surface area contributed by atoms with Crippen molar-refractivity contribution in [3.8, 4) is 5.75 Å². The normalized spacial score (nSPS) is 10.6. The lowest BCUT2D eigenvalue weighted by atomic mass is 10.1. The molecule has 4 nitrogen and oxygen atoms in total.